The van der Waals surface area contributed by atoms with Crippen molar-refractivity contribution in [3.63, 3.8) is 0 Å². The van der Waals surface area contributed by atoms with Crippen LogP contribution in [-0.2, 0) is 4.79 Å². The predicted octanol–water partition coefficient (Wildman–Crippen LogP) is 3.00. The van der Waals surface area contributed by atoms with E-state index in [0.717, 1.165) is 11.1 Å². The van der Waals surface area contributed by atoms with Gasteiger partial charge in [-0.2, -0.15) is 13.2 Å². The Morgan fingerprint density at radius 2 is 1.95 bits per heavy atom. The maximum absolute atomic E-state index is 12.6. The fourth-order valence-electron chi connectivity index (χ4n) is 1.93. The van der Waals surface area contributed by atoms with Gasteiger partial charge in [0.15, 0.2) is 5.92 Å². The minimum Gasteiger partial charge on any atom is -0.481 e. The molecule has 0 aliphatic rings. The van der Waals surface area contributed by atoms with Gasteiger partial charge in [-0.15, -0.1) is 0 Å². The van der Waals surface area contributed by atoms with E-state index in [2.05, 4.69) is 0 Å². The fourth-order valence-corrected chi connectivity index (χ4v) is 1.93. The second-order valence-electron chi connectivity index (χ2n) is 4.60. The highest BCUT2D eigenvalue weighted by Crippen LogP contribution is 2.29. The highest BCUT2D eigenvalue weighted by Gasteiger charge is 2.45. The van der Waals surface area contributed by atoms with E-state index in [1.165, 1.54) is 11.9 Å². The van der Waals surface area contributed by atoms with Gasteiger partial charge in [0.1, 0.15) is 0 Å². The quantitative estimate of drug-likeness (QED) is 0.918. The highest BCUT2D eigenvalue weighted by atomic mass is 19.4. The predicted molar refractivity (Wildman–Crippen MR) is 66.4 cm³/mol. The zero-order valence-corrected chi connectivity index (χ0v) is 11.0. The van der Waals surface area contributed by atoms with Crippen molar-refractivity contribution in [3.05, 3.63) is 29.3 Å². The van der Waals surface area contributed by atoms with Gasteiger partial charge in [0.05, 0.1) is 0 Å². The minimum atomic E-state index is -4.75. The number of rotatable bonds is 4. The second kappa shape index (κ2) is 5.50. The molecule has 106 valence electrons. The number of halogens is 3. The molecule has 0 aromatic heterocycles. The fraction of sp³-hybridized carbons (Fsp3) is 0.462. The number of nitrogens with zero attached hydrogens (tertiary/aromatic N) is 1. The van der Waals surface area contributed by atoms with E-state index in [9.17, 15) is 18.0 Å². The van der Waals surface area contributed by atoms with Crippen molar-refractivity contribution in [3.8, 4) is 0 Å². The zero-order valence-electron chi connectivity index (χ0n) is 11.0. The molecule has 0 spiro atoms. The lowest BCUT2D eigenvalue weighted by Crippen LogP contribution is -2.40. The average molecular weight is 275 g/mol. The SMILES string of the molecule is Cc1ccc(N(C)CC(C(=O)O)C(F)(F)F)c(C)c1. The lowest BCUT2D eigenvalue weighted by atomic mass is 10.1. The summed E-state index contributed by atoms with van der Waals surface area (Å²) in [5, 5.41) is 8.67. The third-order valence-electron chi connectivity index (χ3n) is 2.91. The number of aryl methyl sites for hydroxylation is 2. The van der Waals surface area contributed by atoms with Gasteiger partial charge in [0.2, 0.25) is 0 Å². The Morgan fingerprint density at radius 3 is 2.37 bits per heavy atom. The number of hydrogen-bond acceptors (Lipinski definition) is 2. The van der Waals surface area contributed by atoms with Gasteiger partial charge in [0, 0.05) is 19.3 Å². The molecule has 0 heterocycles. The number of anilines is 1. The average Bonchev–Trinajstić information content (AvgIpc) is 2.23. The number of aliphatic carboxylic acids is 1. The molecular formula is C13H16F3NO2. The van der Waals surface area contributed by atoms with Crippen LogP contribution in [0.3, 0.4) is 0 Å². The van der Waals surface area contributed by atoms with Gasteiger partial charge in [-0.1, -0.05) is 17.7 Å². The lowest BCUT2D eigenvalue weighted by Gasteiger charge is -2.26. The molecule has 1 rings (SSSR count). The largest absolute Gasteiger partial charge is 0.481 e. The first kappa shape index (κ1) is 15.3. The number of carboxylic acid groups (broad SMARTS) is 1. The monoisotopic (exact) mass is 275 g/mol. The summed E-state index contributed by atoms with van der Waals surface area (Å²) in [6, 6.07) is 5.32. The summed E-state index contributed by atoms with van der Waals surface area (Å²) in [5.74, 6) is -4.25. The Morgan fingerprint density at radius 1 is 1.37 bits per heavy atom. The summed E-state index contributed by atoms with van der Waals surface area (Å²) < 4.78 is 37.8. The van der Waals surface area contributed by atoms with Crippen LogP contribution < -0.4 is 4.90 Å². The molecule has 0 amide bonds. The van der Waals surface area contributed by atoms with Crippen molar-refractivity contribution in [2.24, 2.45) is 5.92 Å². The van der Waals surface area contributed by atoms with Gasteiger partial charge in [-0.05, 0) is 25.5 Å². The highest BCUT2D eigenvalue weighted by molar-refractivity contribution is 5.72. The molecule has 1 unspecified atom stereocenters. The molecule has 0 radical (unpaired) electrons. The molecule has 0 aliphatic heterocycles. The topological polar surface area (TPSA) is 40.5 Å². The first-order valence-corrected chi connectivity index (χ1v) is 5.71. The molecule has 19 heavy (non-hydrogen) atoms. The van der Waals surface area contributed by atoms with Crippen LogP contribution in [0.15, 0.2) is 18.2 Å². The van der Waals surface area contributed by atoms with E-state index >= 15 is 0 Å². The standard InChI is InChI=1S/C13H16F3NO2/c1-8-4-5-11(9(2)6-8)17(3)7-10(12(18)19)13(14,15)16/h4-6,10H,7H2,1-3H3,(H,18,19). The Labute approximate surface area is 109 Å². The van der Waals surface area contributed by atoms with Gasteiger partial charge >= 0.3 is 12.1 Å². The molecule has 1 aromatic carbocycles. The summed E-state index contributed by atoms with van der Waals surface area (Å²) in [4.78, 5) is 12.0. The Balaban J connectivity index is 2.94. The van der Waals surface area contributed by atoms with Crippen molar-refractivity contribution in [1.29, 1.82) is 0 Å². The van der Waals surface area contributed by atoms with Crippen LogP contribution in [0.4, 0.5) is 18.9 Å². The smallest absolute Gasteiger partial charge is 0.403 e. The van der Waals surface area contributed by atoms with Crippen LogP contribution in [0.1, 0.15) is 11.1 Å². The van der Waals surface area contributed by atoms with Gasteiger partial charge in [0.25, 0.3) is 0 Å². The zero-order chi connectivity index (χ0) is 14.8. The van der Waals surface area contributed by atoms with Crippen LogP contribution in [-0.4, -0.2) is 30.8 Å². The Hall–Kier alpha value is -1.72. The summed E-state index contributed by atoms with van der Waals surface area (Å²) >= 11 is 0. The molecule has 0 saturated heterocycles. The number of carboxylic acids is 1. The number of benzene rings is 1. The Bertz CT molecular complexity index is 471. The van der Waals surface area contributed by atoms with E-state index in [1.807, 2.05) is 13.0 Å². The van der Waals surface area contributed by atoms with E-state index in [0.29, 0.717) is 5.69 Å². The molecule has 1 atom stereocenters. The summed E-state index contributed by atoms with van der Waals surface area (Å²) in [6.07, 6.45) is -4.75. The third-order valence-corrected chi connectivity index (χ3v) is 2.91. The minimum absolute atomic E-state index is 0.598. The van der Waals surface area contributed by atoms with Crippen LogP contribution in [0.5, 0.6) is 0 Å². The molecule has 0 aliphatic carbocycles. The van der Waals surface area contributed by atoms with E-state index in [1.54, 1.807) is 19.1 Å². The molecule has 0 bridgehead atoms. The second-order valence-corrected chi connectivity index (χ2v) is 4.60. The summed E-state index contributed by atoms with van der Waals surface area (Å²) in [7, 11) is 1.46. The lowest BCUT2D eigenvalue weighted by molar-refractivity contribution is -0.191. The molecule has 0 saturated carbocycles. The number of hydrogen-bond donors (Lipinski definition) is 1. The van der Waals surface area contributed by atoms with Crippen molar-refractivity contribution in [1.82, 2.24) is 0 Å². The maximum atomic E-state index is 12.6. The van der Waals surface area contributed by atoms with E-state index in [4.69, 9.17) is 5.11 Å². The van der Waals surface area contributed by atoms with Gasteiger partial charge in [-0.25, -0.2) is 0 Å². The van der Waals surface area contributed by atoms with E-state index in [-0.39, 0.29) is 0 Å². The number of carbonyl (C=O) groups is 1. The van der Waals surface area contributed by atoms with Crippen molar-refractivity contribution in [2.75, 3.05) is 18.5 Å². The first-order chi connectivity index (χ1) is 8.62. The summed E-state index contributed by atoms with van der Waals surface area (Å²) in [5.41, 5.74) is 2.41. The van der Waals surface area contributed by atoms with Gasteiger partial charge in [-0.3, -0.25) is 4.79 Å². The molecule has 1 N–H and O–H groups in total. The summed E-state index contributed by atoms with van der Waals surface area (Å²) in [6.45, 7) is 3.05. The van der Waals surface area contributed by atoms with E-state index < -0.39 is 24.6 Å². The first-order valence-electron chi connectivity index (χ1n) is 5.71. The Kier molecular flexibility index (Phi) is 4.44. The molecule has 1 aromatic rings. The van der Waals surface area contributed by atoms with Crippen LogP contribution in [0, 0.1) is 19.8 Å². The van der Waals surface area contributed by atoms with Crippen molar-refractivity contribution >= 4 is 11.7 Å². The molecular weight excluding hydrogens is 259 g/mol. The molecule has 6 heteroatoms. The van der Waals surface area contributed by atoms with Crippen molar-refractivity contribution in [2.45, 2.75) is 20.0 Å². The van der Waals surface area contributed by atoms with Gasteiger partial charge < -0.3 is 10.0 Å². The van der Waals surface area contributed by atoms with Crippen LogP contribution >= 0.6 is 0 Å². The van der Waals surface area contributed by atoms with Crippen LogP contribution in [0.2, 0.25) is 0 Å². The normalized spacial score (nSPS) is 13.2. The van der Waals surface area contributed by atoms with Crippen molar-refractivity contribution < 1.29 is 23.1 Å². The third kappa shape index (κ3) is 3.87. The molecule has 3 nitrogen and oxygen atoms in total. The van der Waals surface area contributed by atoms with Crippen LogP contribution in [0.25, 0.3) is 0 Å². The number of alkyl halides is 3. The maximum Gasteiger partial charge on any atom is 0.403 e. The molecule has 0 fully saturated rings.